The Kier molecular flexibility index (Phi) is 18.5. The van der Waals surface area contributed by atoms with Crippen LogP contribution in [0.25, 0.3) is 0 Å². The van der Waals surface area contributed by atoms with Crippen LogP contribution in [0, 0.1) is 23.7 Å². The lowest BCUT2D eigenvalue weighted by Gasteiger charge is -2.29. The van der Waals surface area contributed by atoms with Crippen molar-refractivity contribution in [2.24, 2.45) is 23.7 Å². The van der Waals surface area contributed by atoms with Crippen LogP contribution in [0.2, 0.25) is 0 Å². The molecule has 0 spiro atoms. The lowest BCUT2D eigenvalue weighted by Crippen LogP contribution is -2.60. The van der Waals surface area contributed by atoms with Gasteiger partial charge in [-0.25, -0.2) is 9.59 Å². The Morgan fingerprint density at radius 1 is 0.509 bits per heavy atom. The van der Waals surface area contributed by atoms with Crippen LogP contribution in [-0.4, -0.2) is 65.9 Å². The average molecular weight is 738 g/mol. The number of carbonyl (C=O) groups is 6. The molecule has 5 amide bonds. The van der Waals surface area contributed by atoms with Gasteiger partial charge in [-0.3, -0.25) is 19.2 Å². The van der Waals surface area contributed by atoms with Crippen LogP contribution in [0.1, 0.15) is 86.3 Å². The van der Waals surface area contributed by atoms with Crippen molar-refractivity contribution < 1.29 is 38.2 Å². The normalized spacial score (nSPS) is 14.1. The smallest absolute Gasteiger partial charge is 0.408 e. The van der Waals surface area contributed by atoms with E-state index < -0.39 is 65.9 Å². The van der Waals surface area contributed by atoms with Gasteiger partial charge in [0.2, 0.25) is 23.6 Å². The summed E-state index contributed by atoms with van der Waals surface area (Å²) in [5, 5.41) is 13.6. The molecule has 2 rings (SSSR count). The van der Waals surface area contributed by atoms with Crippen molar-refractivity contribution in [2.75, 3.05) is 0 Å². The Balaban J connectivity index is 2.08. The van der Waals surface area contributed by atoms with E-state index >= 15 is 0 Å². The molecule has 0 unspecified atom stereocenters. The largest absolute Gasteiger partial charge is 0.459 e. The van der Waals surface area contributed by atoms with Crippen LogP contribution in [-0.2, 0) is 46.7 Å². The van der Waals surface area contributed by atoms with Crippen LogP contribution in [0.3, 0.4) is 0 Å². The van der Waals surface area contributed by atoms with Gasteiger partial charge in [-0.2, -0.15) is 0 Å². The van der Waals surface area contributed by atoms with E-state index in [4.69, 9.17) is 9.47 Å². The van der Waals surface area contributed by atoms with Gasteiger partial charge in [0.1, 0.15) is 43.4 Å². The quantitative estimate of drug-likeness (QED) is 0.124. The second kappa shape index (κ2) is 22.2. The van der Waals surface area contributed by atoms with E-state index in [1.807, 2.05) is 74.5 Å². The summed E-state index contributed by atoms with van der Waals surface area (Å²) in [4.78, 5) is 79.7. The topological polar surface area (TPSA) is 181 Å². The van der Waals surface area contributed by atoms with E-state index in [2.05, 4.69) is 26.6 Å². The molecule has 2 aromatic rings. The van der Waals surface area contributed by atoms with E-state index in [1.54, 1.807) is 48.5 Å². The molecule has 0 saturated heterocycles. The minimum absolute atomic E-state index is 0.00177. The summed E-state index contributed by atoms with van der Waals surface area (Å²) < 4.78 is 10.8. The molecule has 5 atom stereocenters. The third-order valence-corrected chi connectivity index (χ3v) is 8.51. The van der Waals surface area contributed by atoms with Gasteiger partial charge in [-0.05, 0) is 47.6 Å². The Morgan fingerprint density at radius 2 is 0.925 bits per heavy atom. The van der Waals surface area contributed by atoms with Crippen molar-refractivity contribution in [2.45, 2.75) is 119 Å². The van der Waals surface area contributed by atoms with Gasteiger partial charge < -0.3 is 36.1 Å². The third kappa shape index (κ3) is 15.3. The second-order valence-corrected chi connectivity index (χ2v) is 14.6. The number of rotatable bonds is 20. The van der Waals surface area contributed by atoms with Crippen molar-refractivity contribution in [3.63, 3.8) is 0 Å². The van der Waals surface area contributed by atoms with Gasteiger partial charge in [0.25, 0.3) is 0 Å². The van der Waals surface area contributed by atoms with E-state index in [9.17, 15) is 28.8 Å². The monoisotopic (exact) mass is 737 g/mol. The number of amides is 5. The minimum atomic E-state index is -1.05. The number of esters is 1. The number of carbonyl (C=O) groups excluding carboxylic acids is 6. The first kappa shape index (κ1) is 44.2. The zero-order valence-electron chi connectivity index (χ0n) is 32.6. The molecular formula is C40H59N5O8. The van der Waals surface area contributed by atoms with E-state index in [-0.39, 0.29) is 49.7 Å². The van der Waals surface area contributed by atoms with Gasteiger partial charge in [-0.15, -0.1) is 0 Å². The molecule has 13 heteroatoms. The SMILES string of the molecule is CC[C@H](NC(=O)[C@@H](NC(=O)[C@@H](NC(=O)OCc1ccccc1)C(C)C)C(C)C)C(=O)N[C@H](CC(C)C)C(=O)N[C@H](C(=O)OCc1ccccc1)C(C)C. The molecule has 0 fully saturated rings. The highest BCUT2D eigenvalue weighted by atomic mass is 16.5. The zero-order valence-corrected chi connectivity index (χ0v) is 32.6. The third-order valence-electron chi connectivity index (χ3n) is 8.51. The predicted octanol–water partition coefficient (Wildman–Crippen LogP) is 4.39. The molecule has 0 radical (unpaired) electrons. The van der Waals surface area contributed by atoms with Gasteiger partial charge in [-0.1, -0.05) is 123 Å². The number of nitrogens with one attached hydrogen (secondary N) is 5. The highest BCUT2D eigenvalue weighted by molar-refractivity contribution is 5.96. The number of hydrogen-bond donors (Lipinski definition) is 5. The predicted molar refractivity (Wildman–Crippen MR) is 202 cm³/mol. The van der Waals surface area contributed by atoms with Crippen molar-refractivity contribution >= 4 is 35.7 Å². The van der Waals surface area contributed by atoms with E-state index in [1.165, 1.54) is 0 Å². The molecule has 0 bridgehead atoms. The number of alkyl carbamates (subject to hydrolysis) is 1. The molecule has 0 aliphatic heterocycles. The lowest BCUT2D eigenvalue weighted by molar-refractivity contribution is -0.150. The Labute approximate surface area is 314 Å². The zero-order chi connectivity index (χ0) is 39.7. The van der Waals surface area contributed by atoms with Crippen molar-refractivity contribution in [1.82, 2.24) is 26.6 Å². The molecule has 0 saturated carbocycles. The Morgan fingerprint density at radius 3 is 1.40 bits per heavy atom. The Bertz CT molecular complexity index is 1480. The van der Waals surface area contributed by atoms with Crippen molar-refractivity contribution in [3.05, 3.63) is 71.8 Å². The summed E-state index contributed by atoms with van der Waals surface area (Å²) in [6, 6.07) is 13.3. The van der Waals surface area contributed by atoms with Gasteiger partial charge in [0, 0.05) is 0 Å². The highest BCUT2D eigenvalue weighted by Crippen LogP contribution is 2.12. The molecule has 2 aromatic carbocycles. The van der Waals surface area contributed by atoms with Gasteiger partial charge >= 0.3 is 12.1 Å². The summed E-state index contributed by atoms with van der Waals surface area (Å²) in [5.74, 6) is -3.94. The van der Waals surface area contributed by atoms with Crippen LogP contribution in [0.5, 0.6) is 0 Å². The summed E-state index contributed by atoms with van der Waals surface area (Å²) in [6.45, 7) is 16.2. The lowest BCUT2D eigenvalue weighted by atomic mass is 9.99. The first-order valence-electron chi connectivity index (χ1n) is 18.4. The molecule has 0 aromatic heterocycles. The maximum absolute atomic E-state index is 13.6. The fourth-order valence-electron chi connectivity index (χ4n) is 5.36. The van der Waals surface area contributed by atoms with Crippen LogP contribution in [0.15, 0.2) is 60.7 Å². The van der Waals surface area contributed by atoms with E-state index in [0.717, 1.165) is 11.1 Å². The van der Waals surface area contributed by atoms with Gasteiger partial charge in [0.15, 0.2) is 0 Å². The Hall–Kier alpha value is -4.94. The summed E-state index contributed by atoms with van der Waals surface area (Å²) in [6.07, 6.45) is -0.316. The summed E-state index contributed by atoms with van der Waals surface area (Å²) in [7, 11) is 0. The number of benzene rings is 2. The maximum Gasteiger partial charge on any atom is 0.408 e. The van der Waals surface area contributed by atoms with Crippen molar-refractivity contribution in [1.29, 1.82) is 0 Å². The van der Waals surface area contributed by atoms with Gasteiger partial charge in [0.05, 0.1) is 0 Å². The number of hydrogen-bond acceptors (Lipinski definition) is 8. The first-order valence-corrected chi connectivity index (χ1v) is 18.4. The molecule has 13 nitrogen and oxygen atoms in total. The minimum Gasteiger partial charge on any atom is -0.459 e. The molecule has 0 aliphatic carbocycles. The molecule has 0 heterocycles. The van der Waals surface area contributed by atoms with Crippen LogP contribution in [0.4, 0.5) is 4.79 Å². The summed E-state index contributed by atoms with van der Waals surface area (Å²) in [5.41, 5.74) is 1.59. The molecule has 53 heavy (non-hydrogen) atoms. The first-order chi connectivity index (χ1) is 25.0. The fraction of sp³-hybridized carbons (Fsp3) is 0.550. The van der Waals surface area contributed by atoms with Crippen molar-refractivity contribution in [3.8, 4) is 0 Å². The highest BCUT2D eigenvalue weighted by Gasteiger charge is 2.34. The summed E-state index contributed by atoms with van der Waals surface area (Å²) >= 11 is 0. The molecule has 5 N–H and O–H groups in total. The fourth-order valence-corrected chi connectivity index (χ4v) is 5.36. The molecule has 0 aliphatic rings. The van der Waals surface area contributed by atoms with Crippen LogP contribution < -0.4 is 26.6 Å². The second-order valence-electron chi connectivity index (χ2n) is 14.6. The standard InChI is InChI=1S/C40H59N5O8/c1-10-30(35(46)42-31(21-24(2)3)36(47)44-34(27(8)9)39(50)52-22-28-17-13-11-14-18-28)41-37(48)32(25(4)5)43-38(49)33(26(6)7)45-40(51)53-23-29-19-15-12-16-20-29/h11-20,24-27,30-34H,10,21-23H2,1-9H3,(H,41,48)(H,42,46)(H,43,49)(H,44,47)(H,45,51)/t30-,31+,32-,33-,34-/m0/s1. The maximum atomic E-state index is 13.6. The number of ether oxygens (including phenoxy) is 2. The van der Waals surface area contributed by atoms with E-state index in [0.29, 0.717) is 0 Å². The van der Waals surface area contributed by atoms with Crippen LogP contribution >= 0.6 is 0 Å². The molecule has 292 valence electrons. The molecular weight excluding hydrogens is 678 g/mol. The average Bonchev–Trinajstić information content (AvgIpc) is 3.11.